The summed E-state index contributed by atoms with van der Waals surface area (Å²) in [6.45, 7) is 6.71. The molecule has 0 amide bonds. The number of nitrogens with one attached hydrogen (secondary N) is 1. The van der Waals surface area contributed by atoms with Crippen LogP contribution < -0.4 is 0 Å². The number of H-pyrrole nitrogens is 1. The predicted molar refractivity (Wildman–Crippen MR) is 92.2 cm³/mol. The third-order valence-electron chi connectivity index (χ3n) is 4.18. The van der Waals surface area contributed by atoms with Crippen LogP contribution in [0.3, 0.4) is 0 Å². The molecule has 0 bridgehead atoms. The molecule has 2 heterocycles. The van der Waals surface area contributed by atoms with Crippen LogP contribution in [0, 0.1) is 0 Å². The number of fused-ring (bicyclic) bond motifs is 2. The molecule has 0 aliphatic heterocycles. The van der Waals surface area contributed by atoms with Crippen LogP contribution in [0.1, 0.15) is 26.3 Å². The molecule has 2 aromatic heterocycles. The number of hydrogen-bond acceptors (Lipinski definition) is 1. The molecule has 110 valence electrons. The molecule has 4 rings (SSSR count). The van der Waals surface area contributed by atoms with Gasteiger partial charge in [-0.2, -0.15) is 0 Å². The molecule has 0 unspecified atom stereocenters. The molecule has 0 spiro atoms. The molecule has 0 aliphatic carbocycles. The van der Waals surface area contributed by atoms with Crippen molar-refractivity contribution in [2.75, 3.05) is 0 Å². The molecule has 0 saturated carbocycles. The molecule has 0 radical (unpaired) electrons. The van der Waals surface area contributed by atoms with E-state index in [-0.39, 0.29) is 5.41 Å². The summed E-state index contributed by atoms with van der Waals surface area (Å²) < 4.78 is 5.95. The Hall–Kier alpha value is -2.48. The largest absolute Gasteiger partial charge is 0.455 e. The number of aromatic amines is 1. The molecule has 2 aromatic carbocycles. The lowest BCUT2D eigenvalue weighted by Crippen LogP contribution is -2.10. The van der Waals surface area contributed by atoms with Gasteiger partial charge in [0.25, 0.3) is 0 Å². The summed E-state index contributed by atoms with van der Waals surface area (Å²) in [6.07, 6.45) is 0. The van der Waals surface area contributed by atoms with E-state index in [0.717, 1.165) is 27.9 Å². The van der Waals surface area contributed by atoms with Gasteiger partial charge in [-0.15, -0.1) is 0 Å². The maximum atomic E-state index is 5.95. The van der Waals surface area contributed by atoms with E-state index >= 15 is 0 Å². The van der Waals surface area contributed by atoms with Gasteiger partial charge in [-0.05, 0) is 41.3 Å². The number of rotatable bonds is 1. The fourth-order valence-electron chi connectivity index (χ4n) is 2.85. The van der Waals surface area contributed by atoms with Crippen LogP contribution in [-0.2, 0) is 5.41 Å². The van der Waals surface area contributed by atoms with Crippen LogP contribution in [0.4, 0.5) is 0 Å². The van der Waals surface area contributed by atoms with Crippen molar-refractivity contribution in [3.05, 3.63) is 60.2 Å². The van der Waals surface area contributed by atoms with Crippen molar-refractivity contribution < 1.29 is 4.42 Å². The van der Waals surface area contributed by atoms with Gasteiger partial charge in [0.05, 0.1) is 5.69 Å². The van der Waals surface area contributed by atoms with Crippen molar-refractivity contribution in [2.24, 2.45) is 0 Å². The Balaban J connectivity index is 1.85. The van der Waals surface area contributed by atoms with Gasteiger partial charge >= 0.3 is 0 Å². The molecule has 0 saturated heterocycles. The molecule has 2 nitrogen and oxygen atoms in total. The lowest BCUT2D eigenvalue weighted by Gasteiger charge is -2.18. The highest BCUT2D eigenvalue weighted by molar-refractivity contribution is 5.88. The van der Waals surface area contributed by atoms with E-state index in [0.29, 0.717) is 0 Å². The topological polar surface area (TPSA) is 28.9 Å². The summed E-state index contributed by atoms with van der Waals surface area (Å²) in [6, 6.07) is 19.0. The molecular formula is C20H19NO. The summed E-state index contributed by atoms with van der Waals surface area (Å²) in [7, 11) is 0. The van der Waals surface area contributed by atoms with Gasteiger partial charge in [-0.3, -0.25) is 0 Å². The van der Waals surface area contributed by atoms with Crippen LogP contribution in [0.15, 0.2) is 59.0 Å². The van der Waals surface area contributed by atoms with Crippen LogP contribution >= 0.6 is 0 Å². The molecule has 2 heteroatoms. The number of para-hydroxylation sites is 1. The Kier molecular flexibility index (Phi) is 2.70. The van der Waals surface area contributed by atoms with Gasteiger partial charge < -0.3 is 9.40 Å². The summed E-state index contributed by atoms with van der Waals surface area (Å²) in [5.74, 6) is 0.884. The second kappa shape index (κ2) is 4.51. The van der Waals surface area contributed by atoms with Crippen molar-refractivity contribution in [2.45, 2.75) is 26.2 Å². The summed E-state index contributed by atoms with van der Waals surface area (Å²) >= 11 is 0. The minimum absolute atomic E-state index is 0.158. The lowest BCUT2D eigenvalue weighted by molar-refractivity contribution is 0.591. The predicted octanol–water partition coefficient (Wildman–Crippen LogP) is 5.88. The first-order chi connectivity index (χ1) is 10.5. The van der Waals surface area contributed by atoms with Crippen molar-refractivity contribution in [3.8, 4) is 11.5 Å². The number of hydrogen-bond donors (Lipinski definition) is 1. The maximum Gasteiger partial charge on any atom is 0.151 e. The molecule has 1 N–H and O–H groups in total. The molecular weight excluding hydrogens is 270 g/mol. The van der Waals surface area contributed by atoms with E-state index in [2.05, 4.69) is 62.2 Å². The fourth-order valence-corrected chi connectivity index (χ4v) is 2.85. The Morgan fingerprint density at radius 3 is 2.45 bits per heavy atom. The first-order valence-corrected chi connectivity index (χ1v) is 7.63. The number of benzene rings is 2. The minimum atomic E-state index is 0.158. The van der Waals surface area contributed by atoms with Gasteiger partial charge in [-0.25, -0.2) is 0 Å². The van der Waals surface area contributed by atoms with Crippen LogP contribution in [0.5, 0.6) is 0 Å². The van der Waals surface area contributed by atoms with Crippen molar-refractivity contribution in [3.63, 3.8) is 0 Å². The molecule has 0 fully saturated rings. The van der Waals surface area contributed by atoms with Gasteiger partial charge in [0.15, 0.2) is 5.76 Å². The summed E-state index contributed by atoms with van der Waals surface area (Å²) in [5, 5.41) is 2.36. The smallest absolute Gasteiger partial charge is 0.151 e. The molecule has 4 aromatic rings. The van der Waals surface area contributed by atoms with Crippen molar-refractivity contribution in [1.82, 2.24) is 4.98 Å². The normalized spacial score (nSPS) is 12.3. The highest BCUT2D eigenvalue weighted by Crippen LogP contribution is 2.31. The highest BCUT2D eigenvalue weighted by Gasteiger charge is 2.15. The number of furan rings is 1. The van der Waals surface area contributed by atoms with E-state index in [4.69, 9.17) is 4.42 Å². The molecule has 0 atom stereocenters. The van der Waals surface area contributed by atoms with Gasteiger partial charge in [-0.1, -0.05) is 45.0 Å². The first kappa shape index (κ1) is 13.2. The van der Waals surface area contributed by atoms with Gasteiger partial charge in [0.1, 0.15) is 5.58 Å². The highest BCUT2D eigenvalue weighted by atomic mass is 16.3. The zero-order valence-corrected chi connectivity index (χ0v) is 13.1. The maximum absolute atomic E-state index is 5.95. The van der Waals surface area contributed by atoms with E-state index in [1.165, 1.54) is 10.9 Å². The summed E-state index contributed by atoms with van der Waals surface area (Å²) in [5.41, 5.74) is 4.59. The second-order valence-electron chi connectivity index (χ2n) is 6.88. The first-order valence-electron chi connectivity index (χ1n) is 7.63. The van der Waals surface area contributed by atoms with E-state index in [9.17, 15) is 0 Å². The zero-order valence-electron chi connectivity index (χ0n) is 13.1. The van der Waals surface area contributed by atoms with Gasteiger partial charge in [0, 0.05) is 16.3 Å². The Morgan fingerprint density at radius 2 is 1.68 bits per heavy atom. The molecule has 0 aliphatic rings. The van der Waals surface area contributed by atoms with Crippen LogP contribution in [-0.4, -0.2) is 4.98 Å². The monoisotopic (exact) mass is 289 g/mol. The number of aromatic nitrogens is 1. The summed E-state index contributed by atoms with van der Waals surface area (Å²) in [4.78, 5) is 3.46. The zero-order chi connectivity index (χ0) is 15.3. The SMILES string of the molecule is CC(C)(C)c1ccc2[nH]c(-c3cc4ccccc4o3)cc2c1. The lowest BCUT2D eigenvalue weighted by atomic mass is 9.86. The van der Waals surface area contributed by atoms with E-state index < -0.39 is 0 Å². The van der Waals surface area contributed by atoms with Crippen molar-refractivity contribution >= 4 is 21.9 Å². The Labute approximate surface area is 129 Å². The minimum Gasteiger partial charge on any atom is -0.455 e. The Morgan fingerprint density at radius 1 is 0.864 bits per heavy atom. The van der Waals surface area contributed by atoms with Crippen LogP contribution in [0.25, 0.3) is 33.3 Å². The third kappa shape index (κ3) is 2.12. The third-order valence-corrected chi connectivity index (χ3v) is 4.18. The van der Waals surface area contributed by atoms with Gasteiger partial charge in [0.2, 0.25) is 0 Å². The standard InChI is InChI=1S/C20H19NO/c1-20(2,3)15-8-9-16-14(10-15)11-17(21-16)19-12-13-6-4-5-7-18(13)22-19/h4-12,21H,1-3H3. The average Bonchev–Trinajstić information content (AvgIpc) is 3.08. The van der Waals surface area contributed by atoms with E-state index in [1.807, 2.05) is 18.2 Å². The second-order valence-corrected chi connectivity index (χ2v) is 6.88. The average molecular weight is 289 g/mol. The molecule has 22 heavy (non-hydrogen) atoms. The Bertz CT molecular complexity index is 933. The van der Waals surface area contributed by atoms with Crippen molar-refractivity contribution in [1.29, 1.82) is 0 Å². The van der Waals surface area contributed by atoms with E-state index in [1.54, 1.807) is 0 Å². The fraction of sp³-hybridized carbons (Fsp3) is 0.200. The van der Waals surface area contributed by atoms with Crippen LogP contribution in [0.2, 0.25) is 0 Å². The quantitative estimate of drug-likeness (QED) is 0.466.